The van der Waals surface area contributed by atoms with E-state index in [4.69, 9.17) is 21.1 Å². The standard InChI is InChI=1S/C26H26ClF3N6O2/c1-35(16-21-4-3-5-24(32-21)37-2)25-34-33-22(14-18-6-9-20(27)10-7-18)36(25)13-12-19-8-11-23(31-15-19)38-17-26(28,29)30/h3-11,15H,12-14,16-17H2,1-2H3. The van der Waals surface area contributed by atoms with Gasteiger partial charge in [0.25, 0.3) is 0 Å². The van der Waals surface area contributed by atoms with E-state index >= 15 is 0 Å². The van der Waals surface area contributed by atoms with Crippen LogP contribution in [0.15, 0.2) is 60.8 Å². The van der Waals surface area contributed by atoms with Crippen molar-refractivity contribution in [1.82, 2.24) is 24.7 Å². The molecule has 0 aliphatic carbocycles. The first-order chi connectivity index (χ1) is 18.2. The molecule has 0 saturated carbocycles. The van der Waals surface area contributed by atoms with Crippen LogP contribution in [-0.4, -0.2) is 51.7 Å². The van der Waals surface area contributed by atoms with Gasteiger partial charge in [-0.3, -0.25) is 4.57 Å². The van der Waals surface area contributed by atoms with Crippen molar-refractivity contribution < 1.29 is 22.6 Å². The number of aryl methyl sites for hydroxylation is 1. The Morgan fingerprint density at radius 2 is 1.74 bits per heavy atom. The molecule has 0 fully saturated rings. The molecule has 38 heavy (non-hydrogen) atoms. The highest BCUT2D eigenvalue weighted by Crippen LogP contribution is 2.21. The summed E-state index contributed by atoms with van der Waals surface area (Å²) in [5, 5.41) is 9.56. The van der Waals surface area contributed by atoms with Crippen LogP contribution in [0, 0.1) is 0 Å². The van der Waals surface area contributed by atoms with E-state index in [-0.39, 0.29) is 5.88 Å². The molecule has 0 spiro atoms. The topological polar surface area (TPSA) is 78.2 Å². The first-order valence-electron chi connectivity index (χ1n) is 11.7. The molecular formula is C26H26ClF3N6O2. The first kappa shape index (κ1) is 27.2. The third kappa shape index (κ3) is 7.58. The van der Waals surface area contributed by atoms with E-state index in [0.29, 0.717) is 42.8 Å². The Balaban J connectivity index is 1.52. The number of alkyl halides is 3. The summed E-state index contributed by atoms with van der Waals surface area (Å²) in [5.74, 6) is 1.85. The Hall–Kier alpha value is -3.86. The number of pyridine rings is 2. The Morgan fingerprint density at radius 3 is 2.42 bits per heavy atom. The van der Waals surface area contributed by atoms with Crippen LogP contribution in [0.1, 0.15) is 22.6 Å². The van der Waals surface area contributed by atoms with Crippen molar-refractivity contribution in [3.8, 4) is 11.8 Å². The smallest absolute Gasteiger partial charge is 0.422 e. The van der Waals surface area contributed by atoms with Gasteiger partial charge in [0.2, 0.25) is 17.7 Å². The monoisotopic (exact) mass is 546 g/mol. The van der Waals surface area contributed by atoms with Gasteiger partial charge in [-0.2, -0.15) is 13.2 Å². The van der Waals surface area contributed by atoms with Crippen molar-refractivity contribution in [2.75, 3.05) is 25.7 Å². The van der Waals surface area contributed by atoms with E-state index in [1.165, 1.54) is 12.3 Å². The van der Waals surface area contributed by atoms with Gasteiger partial charge in [-0.1, -0.05) is 35.9 Å². The number of hydrogen-bond donors (Lipinski definition) is 0. The lowest BCUT2D eigenvalue weighted by atomic mass is 10.1. The summed E-state index contributed by atoms with van der Waals surface area (Å²) in [7, 11) is 3.47. The summed E-state index contributed by atoms with van der Waals surface area (Å²) in [6.45, 7) is -0.388. The van der Waals surface area contributed by atoms with Gasteiger partial charge in [-0.15, -0.1) is 10.2 Å². The molecule has 0 amide bonds. The number of aromatic nitrogens is 5. The van der Waals surface area contributed by atoms with E-state index < -0.39 is 12.8 Å². The van der Waals surface area contributed by atoms with Crippen molar-refractivity contribution in [3.63, 3.8) is 0 Å². The van der Waals surface area contributed by atoms with E-state index in [1.807, 2.05) is 52.9 Å². The third-order valence-electron chi connectivity index (χ3n) is 5.62. The average molecular weight is 547 g/mol. The van der Waals surface area contributed by atoms with E-state index in [2.05, 4.69) is 20.2 Å². The molecule has 0 atom stereocenters. The SMILES string of the molecule is COc1cccc(CN(C)c2nnc(Cc3ccc(Cl)cc3)n2CCc2ccc(OCC(F)(F)F)nc2)n1. The lowest BCUT2D eigenvalue weighted by molar-refractivity contribution is -0.154. The molecule has 3 heterocycles. The number of ether oxygens (including phenoxy) is 2. The second-order valence-corrected chi connectivity index (χ2v) is 8.99. The minimum absolute atomic E-state index is 0.0787. The van der Waals surface area contributed by atoms with E-state index in [9.17, 15) is 13.2 Å². The number of nitrogens with zero attached hydrogens (tertiary/aromatic N) is 6. The highest BCUT2D eigenvalue weighted by Gasteiger charge is 2.28. The molecule has 0 aliphatic heterocycles. The fourth-order valence-electron chi connectivity index (χ4n) is 3.77. The number of rotatable bonds is 11. The van der Waals surface area contributed by atoms with Gasteiger partial charge in [0.15, 0.2) is 6.61 Å². The molecule has 0 aliphatic rings. The molecule has 3 aromatic heterocycles. The van der Waals surface area contributed by atoms with Crippen LogP contribution >= 0.6 is 11.6 Å². The molecule has 0 bridgehead atoms. The van der Waals surface area contributed by atoms with E-state index in [1.54, 1.807) is 19.2 Å². The Kier molecular flexibility index (Phi) is 8.67. The summed E-state index contributed by atoms with van der Waals surface area (Å²) in [6, 6.07) is 16.2. The normalized spacial score (nSPS) is 11.4. The van der Waals surface area contributed by atoms with Crippen molar-refractivity contribution in [2.45, 2.75) is 32.1 Å². The van der Waals surface area contributed by atoms with Gasteiger partial charge in [0, 0.05) is 43.4 Å². The molecule has 0 N–H and O–H groups in total. The fraction of sp³-hybridized carbons (Fsp3) is 0.308. The molecule has 200 valence electrons. The summed E-state index contributed by atoms with van der Waals surface area (Å²) in [6.07, 6.45) is -1.81. The molecule has 4 aromatic rings. The van der Waals surface area contributed by atoms with Gasteiger partial charge >= 0.3 is 6.18 Å². The maximum Gasteiger partial charge on any atom is 0.422 e. The third-order valence-corrected chi connectivity index (χ3v) is 5.87. The maximum atomic E-state index is 12.4. The number of benzene rings is 1. The van der Waals surface area contributed by atoms with Crippen LogP contribution in [0.5, 0.6) is 11.8 Å². The zero-order valence-corrected chi connectivity index (χ0v) is 21.6. The van der Waals surface area contributed by atoms with E-state index in [0.717, 1.165) is 22.6 Å². The van der Waals surface area contributed by atoms with Gasteiger partial charge in [-0.05, 0) is 35.7 Å². The molecule has 12 heteroatoms. The zero-order valence-electron chi connectivity index (χ0n) is 20.8. The number of hydrogen-bond acceptors (Lipinski definition) is 7. The minimum Gasteiger partial charge on any atom is -0.481 e. The van der Waals surface area contributed by atoms with Crippen LogP contribution in [0.25, 0.3) is 0 Å². The highest BCUT2D eigenvalue weighted by molar-refractivity contribution is 6.30. The largest absolute Gasteiger partial charge is 0.481 e. The zero-order chi connectivity index (χ0) is 27.1. The molecule has 1 aromatic carbocycles. The highest BCUT2D eigenvalue weighted by atomic mass is 35.5. The van der Waals surface area contributed by atoms with Gasteiger partial charge < -0.3 is 14.4 Å². The number of methoxy groups -OCH3 is 1. The quantitative estimate of drug-likeness (QED) is 0.258. The van der Waals surface area contributed by atoms with Crippen molar-refractivity contribution in [3.05, 3.63) is 88.5 Å². The molecular weight excluding hydrogens is 521 g/mol. The van der Waals surface area contributed by atoms with Gasteiger partial charge in [0.1, 0.15) is 5.82 Å². The predicted molar refractivity (Wildman–Crippen MR) is 137 cm³/mol. The Morgan fingerprint density at radius 1 is 0.974 bits per heavy atom. The Bertz CT molecular complexity index is 1330. The molecule has 0 unspecified atom stereocenters. The molecule has 8 nitrogen and oxygen atoms in total. The second-order valence-electron chi connectivity index (χ2n) is 8.56. The Labute approximate surface area is 223 Å². The predicted octanol–water partition coefficient (Wildman–Crippen LogP) is 5.14. The van der Waals surface area contributed by atoms with Crippen LogP contribution in [0.3, 0.4) is 0 Å². The van der Waals surface area contributed by atoms with Crippen LogP contribution in [0.2, 0.25) is 5.02 Å². The lowest BCUT2D eigenvalue weighted by Gasteiger charge is -2.20. The number of anilines is 1. The van der Waals surface area contributed by atoms with Gasteiger partial charge in [-0.25, -0.2) is 9.97 Å². The summed E-state index contributed by atoms with van der Waals surface area (Å²) < 4.78 is 49.2. The van der Waals surface area contributed by atoms with Crippen LogP contribution in [-0.2, 0) is 25.9 Å². The minimum atomic E-state index is -4.42. The van der Waals surface area contributed by atoms with Crippen molar-refractivity contribution in [2.24, 2.45) is 0 Å². The van der Waals surface area contributed by atoms with Crippen LogP contribution < -0.4 is 14.4 Å². The van der Waals surface area contributed by atoms with Crippen molar-refractivity contribution >= 4 is 17.5 Å². The van der Waals surface area contributed by atoms with Gasteiger partial charge in [0.05, 0.1) is 19.3 Å². The molecule has 0 radical (unpaired) electrons. The molecule has 0 saturated heterocycles. The lowest BCUT2D eigenvalue weighted by Crippen LogP contribution is -2.23. The van der Waals surface area contributed by atoms with Crippen molar-refractivity contribution in [1.29, 1.82) is 0 Å². The maximum absolute atomic E-state index is 12.4. The average Bonchev–Trinajstić information content (AvgIpc) is 3.30. The summed E-state index contributed by atoms with van der Waals surface area (Å²) in [5.41, 5.74) is 2.66. The second kappa shape index (κ2) is 12.1. The summed E-state index contributed by atoms with van der Waals surface area (Å²) >= 11 is 6.04. The first-order valence-corrected chi connectivity index (χ1v) is 12.1. The summed E-state index contributed by atoms with van der Waals surface area (Å²) in [4.78, 5) is 10.4. The fourth-order valence-corrected chi connectivity index (χ4v) is 3.89. The number of halogens is 4. The van der Waals surface area contributed by atoms with Crippen LogP contribution in [0.4, 0.5) is 19.1 Å². The molecule has 4 rings (SSSR count).